The number of nitrogens with zero attached hydrogens (tertiary/aromatic N) is 1. The molecule has 0 amide bonds. The van der Waals surface area contributed by atoms with Gasteiger partial charge in [0.2, 0.25) is 0 Å². The summed E-state index contributed by atoms with van der Waals surface area (Å²) in [6.07, 6.45) is 3.84. The predicted octanol–water partition coefficient (Wildman–Crippen LogP) is 2.40. The van der Waals surface area contributed by atoms with Gasteiger partial charge in [-0.25, -0.2) is 4.39 Å². The first kappa shape index (κ1) is 12.5. The third-order valence-corrected chi connectivity index (χ3v) is 3.91. The van der Waals surface area contributed by atoms with E-state index in [2.05, 4.69) is 24.3 Å². The van der Waals surface area contributed by atoms with Crippen LogP contribution in [-0.4, -0.2) is 31.1 Å². The summed E-state index contributed by atoms with van der Waals surface area (Å²) in [4.78, 5) is 2.31. The fraction of sp³-hybridized carbons (Fsp3) is 0.571. The van der Waals surface area contributed by atoms with Crippen molar-refractivity contribution in [1.82, 2.24) is 10.2 Å². The molecular weight excluding hydrogens is 215 g/mol. The van der Waals surface area contributed by atoms with E-state index in [0.717, 1.165) is 18.7 Å². The minimum Gasteiger partial charge on any atom is -0.311 e. The van der Waals surface area contributed by atoms with E-state index in [1.54, 1.807) is 12.1 Å². The predicted molar refractivity (Wildman–Crippen MR) is 68.4 cm³/mol. The third kappa shape index (κ3) is 2.85. The van der Waals surface area contributed by atoms with Gasteiger partial charge in [0.1, 0.15) is 5.82 Å². The summed E-state index contributed by atoms with van der Waals surface area (Å²) in [5, 5.41) is 3.44. The van der Waals surface area contributed by atoms with Crippen molar-refractivity contribution >= 4 is 0 Å². The molecule has 0 atom stereocenters. The Kier molecular flexibility index (Phi) is 3.79. The highest BCUT2D eigenvalue weighted by Gasteiger charge is 2.38. The Labute approximate surface area is 103 Å². The van der Waals surface area contributed by atoms with Crippen LogP contribution in [0, 0.1) is 5.82 Å². The number of hydrogen-bond donors (Lipinski definition) is 1. The van der Waals surface area contributed by atoms with Crippen molar-refractivity contribution < 1.29 is 4.39 Å². The lowest BCUT2D eigenvalue weighted by Crippen LogP contribution is -2.56. The van der Waals surface area contributed by atoms with E-state index in [-0.39, 0.29) is 5.82 Å². The summed E-state index contributed by atoms with van der Waals surface area (Å²) in [6.45, 7) is 1.73. The summed E-state index contributed by atoms with van der Waals surface area (Å²) in [5.41, 5.74) is 1.34. The summed E-state index contributed by atoms with van der Waals surface area (Å²) in [7, 11) is 4.28. The largest absolute Gasteiger partial charge is 0.311 e. The van der Waals surface area contributed by atoms with Gasteiger partial charge in [0.25, 0.3) is 0 Å². The van der Waals surface area contributed by atoms with Crippen molar-refractivity contribution in [3.05, 3.63) is 35.6 Å². The molecule has 0 radical (unpaired) electrons. The second-order valence-corrected chi connectivity index (χ2v) is 5.21. The minimum absolute atomic E-state index is 0.157. The highest BCUT2D eigenvalue weighted by atomic mass is 19.1. The van der Waals surface area contributed by atoms with E-state index in [1.807, 2.05) is 6.07 Å². The molecule has 1 saturated carbocycles. The van der Waals surface area contributed by atoms with Crippen LogP contribution < -0.4 is 5.32 Å². The fourth-order valence-corrected chi connectivity index (χ4v) is 2.45. The van der Waals surface area contributed by atoms with Gasteiger partial charge >= 0.3 is 0 Å². The van der Waals surface area contributed by atoms with Gasteiger partial charge in [-0.05, 0) is 51.1 Å². The Morgan fingerprint density at radius 3 is 2.65 bits per heavy atom. The fourth-order valence-electron chi connectivity index (χ4n) is 2.45. The standard InChI is InChI=1S/C14H21FN2/c1-17(2)14(7-4-8-14)11-16-10-12-5-3-6-13(15)9-12/h3,5-6,9,16H,4,7-8,10-11H2,1-2H3. The smallest absolute Gasteiger partial charge is 0.123 e. The molecular formula is C14H21FN2. The van der Waals surface area contributed by atoms with Crippen molar-refractivity contribution in [3.8, 4) is 0 Å². The van der Waals surface area contributed by atoms with Gasteiger partial charge in [-0.15, -0.1) is 0 Å². The van der Waals surface area contributed by atoms with E-state index in [0.29, 0.717) is 5.54 Å². The van der Waals surface area contributed by atoms with E-state index in [9.17, 15) is 4.39 Å². The van der Waals surface area contributed by atoms with Gasteiger partial charge in [-0.3, -0.25) is 0 Å². The molecule has 2 rings (SSSR count). The monoisotopic (exact) mass is 236 g/mol. The zero-order valence-electron chi connectivity index (χ0n) is 10.7. The molecule has 0 spiro atoms. The molecule has 0 heterocycles. The molecule has 1 aliphatic carbocycles. The number of halogens is 1. The maximum absolute atomic E-state index is 13.0. The molecule has 0 unspecified atom stereocenters. The summed E-state index contributed by atoms with van der Waals surface area (Å²) in [6, 6.07) is 6.80. The average molecular weight is 236 g/mol. The lowest BCUT2D eigenvalue weighted by Gasteiger charge is -2.47. The van der Waals surface area contributed by atoms with Gasteiger partial charge in [0.05, 0.1) is 0 Å². The molecule has 0 aromatic heterocycles. The van der Waals surface area contributed by atoms with E-state index in [4.69, 9.17) is 0 Å². The Hall–Kier alpha value is -0.930. The van der Waals surface area contributed by atoms with Crippen molar-refractivity contribution in [2.24, 2.45) is 0 Å². The van der Waals surface area contributed by atoms with Gasteiger partial charge in [-0.1, -0.05) is 12.1 Å². The molecule has 17 heavy (non-hydrogen) atoms. The first-order valence-corrected chi connectivity index (χ1v) is 6.25. The van der Waals surface area contributed by atoms with Crippen LogP contribution in [0.5, 0.6) is 0 Å². The summed E-state index contributed by atoms with van der Waals surface area (Å²) >= 11 is 0. The van der Waals surface area contributed by atoms with Crippen LogP contribution in [0.1, 0.15) is 24.8 Å². The van der Waals surface area contributed by atoms with Crippen LogP contribution in [-0.2, 0) is 6.54 Å². The zero-order chi connectivity index (χ0) is 12.3. The van der Waals surface area contributed by atoms with Gasteiger partial charge in [-0.2, -0.15) is 0 Å². The molecule has 1 aromatic carbocycles. The molecule has 94 valence electrons. The molecule has 0 saturated heterocycles. The maximum Gasteiger partial charge on any atom is 0.123 e. The molecule has 1 aromatic rings. The molecule has 1 N–H and O–H groups in total. The van der Waals surface area contributed by atoms with Crippen LogP contribution in [0.2, 0.25) is 0 Å². The van der Waals surface area contributed by atoms with E-state index in [1.165, 1.54) is 25.3 Å². The van der Waals surface area contributed by atoms with Crippen LogP contribution in [0.25, 0.3) is 0 Å². The number of benzene rings is 1. The zero-order valence-corrected chi connectivity index (χ0v) is 10.7. The summed E-state index contributed by atoms with van der Waals surface area (Å²) in [5.74, 6) is -0.157. The highest BCUT2D eigenvalue weighted by Crippen LogP contribution is 2.35. The first-order valence-electron chi connectivity index (χ1n) is 6.25. The second kappa shape index (κ2) is 5.15. The molecule has 3 heteroatoms. The molecule has 1 aliphatic rings. The van der Waals surface area contributed by atoms with Gasteiger partial charge in [0.15, 0.2) is 0 Å². The first-order chi connectivity index (χ1) is 8.12. The number of hydrogen-bond acceptors (Lipinski definition) is 2. The number of likely N-dealkylation sites (N-methyl/N-ethyl adjacent to an activating group) is 1. The lowest BCUT2D eigenvalue weighted by atomic mass is 9.75. The van der Waals surface area contributed by atoms with Crippen LogP contribution >= 0.6 is 0 Å². The number of rotatable bonds is 5. The van der Waals surface area contributed by atoms with E-state index >= 15 is 0 Å². The summed E-state index contributed by atoms with van der Waals surface area (Å²) < 4.78 is 13.0. The maximum atomic E-state index is 13.0. The Morgan fingerprint density at radius 2 is 2.12 bits per heavy atom. The van der Waals surface area contributed by atoms with Gasteiger partial charge in [0, 0.05) is 18.6 Å². The Balaban J connectivity index is 1.83. The Morgan fingerprint density at radius 1 is 1.35 bits per heavy atom. The van der Waals surface area contributed by atoms with Crippen molar-refractivity contribution in [2.45, 2.75) is 31.3 Å². The molecule has 1 fully saturated rings. The van der Waals surface area contributed by atoms with Crippen molar-refractivity contribution in [2.75, 3.05) is 20.6 Å². The minimum atomic E-state index is -0.157. The lowest BCUT2D eigenvalue weighted by molar-refractivity contribution is 0.0598. The average Bonchev–Trinajstić information content (AvgIpc) is 2.21. The van der Waals surface area contributed by atoms with Gasteiger partial charge < -0.3 is 10.2 Å². The van der Waals surface area contributed by atoms with Crippen LogP contribution in [0.15, 0.2) is 24.3 Å². The van der Waals surface area contributed by atoms with Crippen LogP contribution in [0.4, 0.5) is 4.39 Å². The third-order valence-electron chi connectivity index (χ3n) is 3.91. The molecule has 0 aliphatic heterocycles. The normalized spacial score (nSPS) is 18.1. The topological polar surface area (TPSA) is 15.3 Å². The van der Waals surface area contributed by atoms with Crippen LogP contribution in [0.3, 0.4) is 0 Å². The highest BCUT2D eigenvalue weighted by molar-refractivity contribution is 5.16. The van der Waals surface area contributed by atoms with Crippen molar-refractivity contribution in [3.63, 3.8) is 0 Å². The van der Waals surface area contributed by atoms with E-state index < -0.39 is 0 Å². The quantitative estimate of drug-likeness (QED) is 0.844. The molecule has 0 bridgehead atoms. The number of nitrogens with one attached hydrogen (secondary N) is 1. The van der Waals surface area contributed by atoms with Crippen molar-refractivity contribution in [1.29, 1.82) is 0 Å². The molecule has 2 nitrogen and oxygen atoms in total. The Bertz CT molecular complexity index is 372. The second-order valence-electron chi connectivity index (χ2n) is 5.21. The SMILES string of the molecule is CN(C)C1(CNCc2cccc(F)c2)CCC1.